The van der Waals surface area contributed by atoms with Crippen LogP contribution in [0.15, 0.2) is 54.6 Å². The van der Waals surface area contributed by atoms with Crippen LogP contribution in [0.1, 0.15) is 5.56 Å². The van der Waals surface area contributed by atoms with Crippen molar-refractivity contribution in [2.75, 3.05) is 12.8 Å². The predicted octanol–water partition coefficient (Wildman–Crippen LogP) is 4.68. The highest BCUT2D eigenvalue weighted by Gasteiger charge is 2.12. The van der Waals surface area contributed by atoms with E-state index in [-0.39, 0.29) is 5.75 Å². The zero-order valence-electron chi connectivity index (χ0n) is 15.0. The quantitative estimate of drug-likeness (QED) is 0.527. The van der Waals surface area contributed by atoms with E-state index in [0.29, 0.717) is 29.3 Å². The minimum absolute atomic E-state index is 0.263. The maximum Gasteiger partial charge on any atom is 0.162 e. The summed E-state index contributed by atoms with van der Waals surface area (Å²) >= 11 is 0. The van der Waals surface area contributed by atoms with Crippen LogP contribution in [0.25, 0.3) is 22.0 Å². The summed E-state index contributed by atoms with van der Waals surface area (Å²) in [5.41, 5.74) is 8.80. The number of fused-ring (bicyclic) bond motifs is 1. The lowest BCUT2D eigenvalue weighted by atomic mass is 10.0. The van der Waals surface area contributed by atoms with Gasteiger partial charge in [-0.25, -0.2) is 8.78 Å². The van der Waals surface area contributed by atoms with E-state index in [2.05, 4.69) is 10.2 Å². The molecule has 4 rings (SSSR count). The molecule has 0 saturated heterocycles. The Morgan fingerprint density at radius 3 is 2.50 bits per heavy atom. The number of nitrogen functional groups attached to an aromatic ring is 1. The Balaban J connectivity index is 1.52. The van der Waals surface area contributed by atoms with E-state index in [4.69, 9.17) is 15.2 Å². The molecule has 0 spiro atoms. The van der Waals surface area contributed by atoms with Crippen LogP contribution < -0.4 is 15.2 Å². The number of nitrogens with two attached hydrogens (primary N) is 1. The third-order valence-corrected chi connectivity index (χ3v) is 4.47. The fraction of sp³-hybridized carbons (Fsp3) is 0.0952. The molecule has 0 aliphatic heterocycles. The number of nitrogens with zero attached hydrogens (tertiary/aromatic N) is 1. The first-order chi connectivity index (χ1) is 13.5. The first-order valence-corrected chi connectivity index (χ1v) is 8.54. The van der Waals surface area contributed by atoms with Crippen molar-refractivity contribution in [1.29, 1.82) is 0 Å². The summed E-state index contributed by atoms with van der Waals surface area (Å²) in [6.45, 7) is 0.356. The molecule has 1 aromatic heterocycles. The molecule has 142 valence electrons. The summed E-state index contributed by atoms with van der Waals surface area (Å²) in [4.78, 5) is 0. The van der Waals surface area contributed by atoms with Gasteiger partial charge in [-0.1, -0.05) is 18.2 Å². The van der Waals surface area contributed by atoms with Gasteiger partial charge in [-0.15, -0.1) is 0 Å². The third-order valence-electron chi connectivity index (χ3n) is 4.47. The second-order valence-electron chi connectivity index (χ2n) is 6.27. The summed E-state index contributed by atoms with van der Waals surface area (Å²) in [5, 5.41) is 7.67. The molecule has 0 amide bonds. The molecule has 0 radical (unpaired) electrons. The van der Waals surface area contributed by atoms with Crippen LogP contribution in [0.2, 0.25) is 0 Å². The normalized spacial score (nSPS) is 11.0. The van der Waals surface area contributed by atoms with E-state index in [1.165, 1.54) is 7.11 Å². The summed E-state index contributed by atoms with van der Waals surface area (Å²) < 4.78 is 38.0. The highest BCUT2D eigenvalue weighted by Crippen LogP contribution is 2.33. The van der Waals surface area contributed by atoms with Crippen LogP contribution >= 0.6 is 0 Å². The van der Waals surface area contributed by atoms with E-state index >= 15 is 0 Å². The van der Waals surface area contributed by atoms with Gasteiger partial charge in [-0.2, -0.15) is 5.10 Å². The molecular weight excluding hydrogens is 364 g/mol. The number of rotatable bonds is 5. The number of aromatic nitrogens is 2. The number of methoxy groups -OCH3 is 1. The fourth-order valence-electron chi connectivity index (χ4n) is 2.99. The van der Waals surface area contributed by atoms with Crippen LogP contribution in [0.5, 0.6) is 11.5 Å². The molecule has 4 aromatic rings. The number of benzene rings is 3. The van der Waals surface area contributed by atoms with Gasteiger partial charge >= 0.3 is 0 Å². The van der Waals surface area contributed by atoms with Gasteiger partial charge in [0, 0.05) is 17.0 Å². The summed E-state index contributed by atoms with van der Waals surface area (Å²) in [6, 6.07) is 15.0. The van der Waals surface area contributed by atoms with Crippen molar-refractivity contribution < 1.29 is 18.3 Å². The zero-order chi connectivity index (χ0) is 19.7. The molecule has 1 heterocycles. The Kier molecular flexibility index (Phi) is 4.57. The number of H-pyrrole nitrogens is 1. The van der Waals surface area contributed by atoms with Gasteiger partial charge in [0.05, 0.1) is 12.6 Å². The number of aromatic amines is 1. The molecule has 3 aromatic carbocycles. The smallest absolute Gasteiger partial charge is 0.162 e. The van der Waals surface area contributed by atoms with Crippen molar-refractivity contribution in [1.82, 2.24) is 10.2 Å². The molecule has 0 aliphatic carbocycles. The number of nitrogens with one attached hydrogen (secondary N) is 1. The molecule has 3 N–H and O–H groups in total. The minimum Gasteiger partial charge on any atom is -0.496 e. The Labute approximate surface area is 159 Å². The molecule has 0 bridgehead atoms. The molecule has 28 heavy (non-hydrogen) atoms. The SMILES string of the molecule is COc1cc(F)c(F)cc1-c1ccc(OCc2ccc3[nH]nc(N)c3c2)cc1. The number of hydrogen-bond donors (Lipinski definition) is 2. The molecule has 0 saturated carbocycles. The van der Waals surface area contributed by atoms with Crippen molar-refractivity contribution in [3.05, 3.63) is 71.8 Å². The summed E-state index contributed by atoms with van der Waals surface area (Å²) in [5.74, 6) is -0.522. The first-order valence-electron chi connectivity index (χ1n) is 8.54. The minimum atomic E-state index is -0.948. The van der Waals surface area contributed by atoms with E-state index in [0.717, 1.165) is 28.6 Å². The van der Waals surface area contributed by atoms with Crippen LogP contribution in [-0.2, 0) is 6.61 Å². The van der Waals surface area contributed by atoms with Gasteiger partial charge in [0.1, 0.15) is 18.1 Å². The number of anilines is 1. The fourth-order valence-corrected chi connectivity index (χ4v) is 2.99. The standard InChI is InChI=1S/C21H17F2N3O2/c1-27-20-10-18(23)17(22)9-15(20)13-3-5-14(6-4-13)28-11-12-2-7-19-16(8-12)21(24)26-25-19/h2-10H,11H2,1H3,(H3,24,25,26). The highest BCUT2D eigenvalue weighted by molar-refractivity contribution is 5.88. The van der Waals surface area contributed by atoms with Crippen molar-refractivity contribution in [3.63, 3.8) is 0 Å². The van der Waals surface area contributed by atoms with Crippen molar-refractivity contribution in [3.8, 4) is 22.6 Å². The van der Waals surface area contributed by atoms with E-state index < -0.39 is 11.6 Å². The lowest BCUT2D eigenvalue weighted by Crippen LogP contribution is -1.96. The van der Waals surface area contributed by atoms with Gasteiger partial charge < -0.3 is 15.2 Å². The maximum absolute atomic E-state index is 13.6. The summed E-state index contributed by atoms with van der Waals surface area (Å²) in [6.07, 6.45) is 0. The van der Waals surface area contributed by atoms with E-state index in [1.54, 1.807) is 24.3 Å². The Morgan fingerprint density at radius 2 is 1.75 bits per heavy atom. The average molecular weight is 381 g/mol. The molecule has 0 atom stereocenters. The number of ether oxygens (including phenoxy) is 2. The van der Waals surface area contributed by atoms with Crippen LogP contribution in [0.4, 0.5) is 14.6 Å². The first kappa shape index (κ1) is 17.8. The third kappa shape index (κ3) is 3.34. The molecule has 0 unspecified atom stereocenters. The predicted molar refractivity (Wildman–Crippen MR) is 103 cm³/mol. The number of hydrogen-bond acceptors (Lipinski definition) is 4. The number of halogens is 2. The average Bonchev–Trinajstić information content (AvgIpc) is 3.09. The van der Waals surface area contributed by atoms with Gasteiger partial charge in [-0.3, -0.25) is 5.10 Å². The zero-order valence-corrected chi connectivity index (χ0v) is 15.0. The van der Waals surface area contributed by atoms with Crippen molar-refractivity contribution >= 4 is 16.7 Å². The largest absolute Gasteiger partial charge is 0.496 e. The second kappa shape index (κ2) is 7.19. The Bertz CT molecular complexity index is 1140. The second-order valence-corrected chi connectivity index (χ2v) is 6.27. The van der Waals surface area contributed by atoms with Crippen LogP contribution in [0.3, 0.4) is 0 Å². The highest BCUT2D eigenvalue weighted by atomic mass is 19.2. The Hall–Kier alpha value is -3.61. The van der Waals surface area contributed by atoms with Gasteiger partial charge in [0.2, 0.25) is 0 Å². The van der Waals surface area contributed by atoms with Crippen LogP contribution in [-0.4, -0.2) is 17.3 Å². The van der Waals surface area contributed by atoms with E-state index in [1.807, 2.05) is 18.2 Å². The van der Waals surface area contributed by atoms with Gasteiger partial charge in [-0.05, 0) is 41.5 Å². The van der Waals surface area contributed by atoms with Crippen molar-refractivity contribution in [2.24, 2.45) is 0 Å². The molecule has 0 aliphatic rings. The molecular formula is C21H17F2N3O2. The lowest BCUT2D eigenvalue weighted by Gasteiger charge is -2.11. The van der Waals surface area contributed by atoms with E-state index in [9.17, 15) is 8.78 Å². The Morgan fingerprint density at radius 1 is 1.00 bits per heavy atom. The van der Waals surface area contributed by atoms with Gasteiger partial charge in [0.15, 0.2) is 17.5 Å². The molecule has 5 nitrogen and oxygen atoms in total. The monoisotopic (exact) mass is 381 g/mol. The summed E-state index contributed by atoms with van der Waals surface area (Å²) in [7, 11) is 1.41. The topological polar surface area (TPSA) is 73.2 Å². The maximum atomic E-state index is 13.6. The molecule has 7 heteroatoms. The lowest BCUT2D eigenvalue weighted by molar-refractivity contribution is 0.306. The van der Waals surface area contributed by atoms with Gasteiger partial charge in [0.25, 0.3) is 0 Å². The van der Waals surface area contributed by atoms with Crippen molar-refractivity contribution in [2.45, 2.75) is 6.61 Å². The van der Waals surface area contributed by atoms with Crippen LogP contribution in [0, 0.1) is 11.6 Å². The molecule has 0 fully saturated rings.